The van der Waals surface area contributed by atoms with Crippen LogP contribution in [0.25, 0.3) is 0 Å². The predicted octanol–water partition coefficient (Wildman–Crippen LogP) is 1.55. The first-order chi connectivity index (χ1) is 3.31. The molecule has 0 atom stereocenters. The normalized spacial score (nSPS) is 11.4. The van der Waals surface area contributed by atoms with Gasteiger partial charge >= 0.3 is 0 Å². The van der Waals surface area contributed by atoms with Crippen molar-refractivity contribution in [2.45, 2.75) is 6.92 Å². The maximum Gasteiger partial charge on any atom is 0.101 e. The van der Waals surface area contributed by atoms with E-state index in [-0.39, 0.29) is 6.61 Å². The van der Waals surface area contributed by atoms with Crippen LogP contribution in [-0.2, 0) is 5.11 Å². The molecule has 7 heavy (non-hydrogen) atoms. The molecule has 0 aliphatic rings. The first-order valence-corrected chi connectivity index (χ1v) is 2.18. The van der Waals surface area contributed by atoms with Crippen LogP contribution in [0, 0.1) is 0 Å². The van der Waals surface area contributed by atoms with Gasteiger partial charge in [0.2, 0.25) is 0 Å². The zero-order valence-corrected chi connectivity index (χ0v) is 4.48. The molecule has 0 aromatic heterocycles. The molecule has 0 unspecified atom stereocenters. The topological polar surface area (TPSA) is 19.9 Å². The van der Waals surface area contributed by atoms with Crippen molar-refractivity contribution in [3.05, 3.63) is 24.3 Å². The van der Waals surface area contributed by atoms with Crippen LogP contribution >= 0.6 is 0 Å². The van der Waals surface area contributed by atoms with Gasteiger partial charge in [-0.2, -0.15) is 0 Å². The van der Waals surface area contributed by atoms with Crippen LogP contribution in [0.4, 0.5) is 0 Å². The number of allylic oxidation sites excluding steroid dienone is 2. The molecular weight excluding hydrogens is 88.1 g/mol. The van der Waals surface area contributed by atoms with Crippen LogP contribution in [0.15, 0.2) is 24.3 Å². The quantitative estimate of drug-likeness (QED) is 0.466. The van der Waals surface area contributed by atoms with Crippen LogP contribution < -0.4 is 0 Å². The van der Waals surface area contributed by atoms with Crippen LogP contribution in [0.1, 0.15) is 6.92 Å². The predicted molar refractivity (Wildman–Crippen MR) is 29.5 cm³/mol. The zero-order valence-electron chi connectivity index (χ0n) is 4.48. The highest BCUT2D eigenvalue weighted by atomic mass is 16.2. The Labute approximate surface area is 44.0 Å². The van der Waals surface area contributed by atoms with Crippen molar-refractivity contribution in [2.75, 3.05) is 6.61 Å². The third-order valence-corrected chi connectivity index (χ3v) is 0.727. The molecule has 0 bridgehead atoms. The smallest absolute Gasteiger partial charge is 0.101 e. The summed E-state index contributed by atoms with van der Waals surface area (Å²) in [6, 6.07) is 0. The second-order valence-electron chi connectivity index (χ2n) is 1.32. The highest BCUT2D eigenvalue weighted by Crippen LogP contribution is 1.88. The van der Waals surface area contributed by atoms with Crippen molar-refractivity contribution in [2.24, 2.45) is 0 Å². The zero-order chi connectivity index (χ0) is 5.70. The molecular formula is C6H9O. The lowest BCUT2D eigenvalue weighted by molar-refractivity contribution is 0.232. The number of rotatable bonds is 2. The van der Waals surface area contributed by atoms with Crippen LogP contribution in [-0.4, -0.2) is 6.61 Å². The minimum Gasteiger partial charge on any atom is -0.232 e. The molecule has 1 nitrogen and oxygen atoms in total. The summed E-state index contributed by atoms with van der Waals surface area (Å²) in [6.07, 6.45) is 3.25. The Morgan fingerprint density at radius 3 is 2.57 bits per heavy atom. The van der Waals surface area contributed by atoms with Gasteiger partial charge in [-0.1, -0.05) is 24.3 Å². The summed E-state index contributed by atoms with van der Waals surface area (Å²) >= 11 is 0. The van der Waals surface area contributed by atoms with Crippen molar-refractivity contribution in [3.63, 3.8) is 0 Å². The Morgan fingerprint density at radius 2 is 2.43 bits per heavy atom. The molecule has 0 rings (SSSR count). The lowest BCUT2D eigenvalue weighted by Gasteiger charge is -1.81. The summed E-state index contributed by atoms with van der Waals surface area (Å²) in [5.74, 6) is 0. The molecule has 0 aliphatic heterocycles. The summed E-state index contributed by atoms with van der Waals surface area (Å²) in [4.78, 5) is 0. The maximum atomic E-state index is 9.78. The van der Waals surface area contributed by atoms with Gasteiger partial charge in [-0.25, -0.2) is 5.11 Å². The number of hydrogen-bond donors (Lipinski definition) is 0. The molecule has 0 heterocycles. The van der Waals surface area contributed by atoms with E-state index in [1.807, 2.05) is 6.92 Å². The monoisotopic (exact) mass is 97.1 g/mol. The van der Waals surface area contributed by atoms with E-state index in [4.69, 9.17) is 0 Å². The lowest BCUT2D eigenvalue weighted by Crippen LogP contribution is -1.71. The average molecular weight is 97.1 g/mol. The van der Waals surface area contributed by atoms with Crippen molar-refractivity contribution >= 4 is 0 Å². The second-order valence-corrected chi connectivity index (χ2v) is 1.32. The van der Waals surface area contributed by atoms with Gasteiger partial charge in [-0.15, -0.1) is 0 Å². The van der Waals surface area contributed by atoms with E-state index in [1.165, 1.54) is 0 Å². The van der Waals surface area contributed by atoms with E-state index in [1.54, 1.807) is 12.2 Å². The Kier molecular flexibility index (Phi) is 3.33. The molecule has 0 aliphatic carbocycles. The van der Waals surface area contributed by atoms with Gasteiger partial charge in [-0.05, 0) is 6.92 Å². The van der Waals surface area contributed by atoms with Gasteiger partial charge in [0.1, 0.15) is 6.61 Å². The van der Waals surface area contributed by atoms with Gasteiger partial charge in [0.15, 0.2) is 0 Å². The van der Waals surface area contributed by atoms with E-state index in [0.29, 0.717) is 0 Å². The molecule has 1 radical (unpaired) electrons. The van der Waals surface area contributed by atoms with Crippen molar-refractivity contribution < 1.29 is 5.11 Å². The highest BCUT2D eigenvalue weighted by molar-refractivity contribution is 5.12. The van der Waals surface area contributed by atoms with Crippen molar-refractivity contribution in [1.29, 1.82) is 0 Å². The van der Waals surface area contributed by atoms with Crippen molar-refractivity contribution in [1.82, 2.24) is 0 Å². The van der Waals surface area contributed by atoms with E-state index in [9.17, 15) is 5.11 Å². The number of hydrogen-bond acceptors (Lipinski definition) is 0. The van der Waals surface area contributed by atoms with Crippen LogP contribution in [0.5, 0.6) is 0 Å². The fraction of sp³-hybridized carbons (Fsp3) is 0.333. The maximum absolute atomic E-state index is 9.78. The fourth-order valence-corrected chi connectivity index (χ4v) is 0.215. The largest absolute Gasteiger partial charge is 0.232 e. The molecule has 0 fully saturated rings. The molecule has 0 saturated heterocycles. The standard InChI is InChI=1S/C6H9O/c1-3-6(2)4-5-7/h3-4H,1,5H2,2H3/b6-4+. The first kappa shape index (κ1) is 6.44. The van der Waals surface area contributed by atoms with Crippen LogP contribution in [0.3, 0.4) is 0 Å². The van der Waals surface area contributed by atoms with E-state index in [0.717, 1.165) is 5.57 Å². The average Bonchev–Trinajstić information content (AvgIpc) is 1.68. The first-order valence-electron chi connectivity index (χ1n) is 2.18. The van der Waals surface area contributed by atoms with Crippen molar-refractivity contribution in [3.8, 4) is 0 Å². The summed E-state index contributed by atoms with van der Waals surface area (Å²) in [7, 11) is 0. The van der Waals surface area contributed by atoms with Gasteiger partial charge < -0.3 is 0 Å². The fourth-order valence-electron chi connectivity index (χ4n) is 0.215. The Bertz CT molecular complexity index is 82.2. The van der Waals surface area contributed by atoms with Crippen LogP contribution in [0.2, 0.25) is 0 Å². The molecule has 0 aromatic rings. The molecule has 0 saturated carbocycles. The third-order valence-electron chi connectivity index (χ3n) is 0.727. The molecule has 0 amide bonds. The minimum atomic E-state index is -0.141. The van der Waals surface area contributed by atoms with Gasteiger partial charge in [0.25, 0.3) is 0 Å². The van der Waals surface area contributed by atoms with Gasteiger partial charge in [-0.3, -0.25) is 0 Å². The summed E-state index contributed by atoms with van der Waals surface area (Å²) < 4.78 is 0. The minimum absolute atomic E-state index is 0.141. The molecule has 0 spiro atoms. The molecule has 0 N–H and O–H groups in total. The van der Waals surface area contributed by atoms with Gasteiger partial charge in [0, 0.05) is 0 Å². The lowest BCUT2D eigenvalue weighted by atomic mass is 10.3. The Hall–Kier alpha value is -0.560. The Morgan fingerprint density at radius 1 is 1.86 bits per heavy atom. The van der Waals surface area contributed by atoms with E-state index < -0.39 is 0 Å². The molecule has 39 valence electrons. The van der Waals surface area contributed by atoms with E-state index >= 15 is 0 Å². The summed E-state index contributed by atoms with van der Waals surface area (Å²) in [6.45, 7) is 5.18. The molecule has 1 heteroatoms. The van der Waals surface area contributed by atoms with E-state index in [2.05, 4.69) is 6.58 Å². The Balaban J connectivity index is 3.49. The SMILES string of the molecule is C=C/C(C)=C/C[O]. The van der Waals surface area contributed by atoms with Gasteiger partial charge in [0.05, 0.1) is 0 Å². The second kappa shape index (κ2) is 3.62. The highest BCUT2D eigenvalue weighted by Gasteiger charge is 1.73. The summed E-state index contributed by atoms with van der Waals surface area (Å²) in [5, 5.41) is 9.78. The summed E-state index contributed by atoms with van der Waals surface area (Å²) in [5.41, 5.74) is 0.954. The third kappa shape index (κ3) is 3.27. The molecule has 0 aromatic carbocycles.